The highest BCUT2D eigenvalue weighted by Gasteiger charge is 2.32. The molecule has 0 aliphatic rings. The number of ether oxygens (including phenoxy) is 4. The molecule has 0 aromatic carbocycles. The van der Waals surface area contributed by atoms with Gasteiger partial charge in [0.25, 0.3) is 17.1 Å². The van der Waals surface area contributed by atoms with E-state index in [1.807, 2.05) is 0 Å². The maximum atomic E-state index is 11.5. The summed E-state index contributed by atoms with van der Waals surface area (Å²) in [6.45, 7) is 36.0. The average Bonchev–Trinajstić information content (AvgIpc) is 3.45. The lowest BCUT2D eigenvalue weighted by atomic mass is 9.97. The van der Waals surface area contributed by atoms with Crippen LogP contribution in [0.3, 0.4) is 0 Å². The number of esters is 4. The zero-order valence-corrected chi connectivity index (χ0v) is 56.4. The third-order valence-electron chi connectivity index (χ3n) is 8.96. The Kier molecular flexibility index (Phi) is 51.7. The third-order valence-corrected chi connectivity index (χ3v) is 13.1. The minimum atomic E-state index is -1.43. The highest BCUT2D eigenvalue weighted by molar-refractivity contribution is 7.44. The van der Waals surface area contributed by atoms with Crippen molar-refractivity contribution in [3.8, 4) is 12.1 Å². The molecule has 0 spiro atoms. The van der Waals surface area contributed by atoms with E-state index in [4.69, 9.17) is 86.6 Å². The molecule has 2 unspecified atom stereocenters. The van der Waals surface area contributed by atoms with Gasteiger partial charge in [-0.15, -0.1) is 0 Å². The van der Waals surface area contributed by atoms with Crippen LogP contribution in [0, 0.1) is 44.3 Å². The van der Waals surface area contributed by atoms with E-state index in [0.717, 1.165) is 0 Å². The Labute approximate surface area is 511 Å². The maximum absolute atomic E-state index is 11.5. The second-order valence-corrected chi connectivity index (χ2v) is 25.9. The largest absolute Gasteiger partial charge is 0.462 e. The molecule has 0 rings (SSSR count). The van der Waals surface area contributed by atoms with Gasteiger partial charge in [0, 0.05) is 28.3 Å². The van der Waals surface area contributed by atoms with Gasteiger partial charge in [0.15, 0.2) is 0 Å². The molecule has 25 nitrogen and oxygen atoms in total. The zero-order chi connectivity index (χ0) is 71.9. The Morgan fingerprint density at radius 2 is 0.675 bits per heavy atom. The van der Waals surface area contributed by atoms with Gasteiger partial charge < -0.3 is 83.0 Å². The van der Waals surface area contributed by atoms with E-state index in [0.29, 0.717) is 0 Å². The van der Waals surface area contributed by atoms with Gasteiger partial charge in [0.2, 0.25) is 4.29 Å². The molecule has 0 aromatic rings. The second-order valence-electron chi connectivity index (χ2n) is 23.0. The minimum Gasteiger partial charge on any atom is -0.462 e. The molecule has 0 fully saturated rings. The molecule has 498 valence electrons. The third kappa shape index (κ3) is 54.3. The summed E-state index contributed by atoms with van der Waals surface area (Å²) in [6, 6.07) is 4.87. The lowest BCUT2D eigenvalue weighted by Gasteiger charge is -2.36. The number of nitriles is 2. The van der Waals surface area contributed by atoms with Gasteiger partial charge in [-0.2, -0.15) is 10.5 Å². The standard InChI is InChI=1S/C21H42N4O5P2.2C13H24O5.2C3H8O3.3CH4/c1-17(2)24(18(3)4)31(27-13-9-11-22)29-15-21(26)16-30-32(28-14-10-12-23)25(19(5)6)20(7)8;2*1-12(2,3)10(15)17-7-9(14)8-18-11(16)13(4,5)6;2*4-1-3(6)2-5;;;/h17-21,26H,9-10,13-16H2,1-8H3;2*9,14H,7-8H2,1-6H3;2*3-6H,1-2H2;3*1H4/i26D;14D;;6D;;3*1T. The van der Waals surface area contributed by atoms with Gasteiger partial charge in [0.05, 0.1) is 99.5 Å². The van der Waals surface area contributed by atoms with Crippen LogP contribution in [-0.2, 0) is 56.2 Å². The Hall–Kier alpha value is -2.88. The van der Waals surface area contributed by atoms with Crippen molar-refractivity contribution in [2.24, 2.45) is 21.7 Å². The van der Waals surface area contributed by atoms with Crippen LogP contribution in [0.1, 0.15) is 178 Å². The van der Waals surface area contributed by atoms with Gasteiger partial charge in [-0.1, -0.05) is 22.2 Å². The monoisotopic (exact) mass is 1250 g/mol. The Morgan fingerprint density at radius 3 is 0.843 bits per heavy atom. The molecular formula is C56H118N4O21P2. The predicted octanol–water partition coefficient (Wildman–Crippen LogP) is 6.56. The molecule has 2 atom stereocenters. The van der Waals surface area contributed by atoms with Crippen LogP contribution in [0.25, 0.3) is 0 Å². The highest BCUT2D eigenvalue weighted by Crippen LogP contribution is 2.48. The number of carbonyl (C=O) groups is 4. The molecule has 0 aliphatic carbocycles. The van der Waals surface area contributed by atoms with E-state index in [2.05, 4.69) is 87.1 Å². The van der Waals surface area contributed by atoms with Crippen LogP contribution in [0.15, 0.2) is 0 Å². The Balaban J connectivity index is -0.000000167. The van der Waals surface area contributed by atoms with E-state index in [1.165, 1.54) is 22.2 Å². The van der Waals surface area contributed by atoms with Gasteiger partial charge >= 0.3 is 23.9 Å². The van der Waals surface area contributed by atoms with E-state index in [9.17, 15) is 24.3 Å². The van der Waals surface area contributed by atoms with Crippen molar-refractivity contribution in [1.29, 1.82) is 14.8 Å². The van der Waals surface area contributed by atoms with E-state index in [1.54, 1.807) is 83.1 Å². The number of nitrogens with zero attached hydrogens (tertiary/aromatic N) is 4. The SMILES string of the molecule is CC(C)(C)C(=O)OCC(O)COC(=O)C(C)(C)C.OCC(O)CO.[2H]OC(CO)CO.[2H]OC(COC(=O)C(C)(C)C)COC(=O)C(C)(C)C.[2H]OC(COP(OCCC#N)N(C(C)C)C(C)C)COP(OCCC#N)N(C(C)C)C(C)C.[3H]C.[3H]C.[3H]C. The number of rotatable bonds is 33. The summed E-state index contributed by atoms with van der Waals surface area (Å²) in [6.07, 6.45) is -3.57. The molecule has 0 heterocycles. The summed E-state index contributed by atoms with van der Waals surface area (Å²) in [7, 11) is 0.885. The summed E-state index contributed by atoms with van der Waals surface area (Å²) in [5.41, 5.74) is -2.45. The van der Waals surface area contributed by atoms with Crippen molar-refractivity contribution in [3.63, 3.8) is 0 Å². The van der Waals surface area contributed by atoms with Crippen LogP contribution < -0.4 is 0 Å². The van der Waals surface area contributed by atoms with Gasteiger partial charge in [-0.05, 0) is 138 Å². The lowest BCUT2D eigenvalue weighted by Crippen LogP contribution is -2.35. The molecule has 0 saturated heterocycles. The van der Waals surface area contributed by atoms with Crippen LogP contribution in [-0.4, -0.2) is 217 Å². The van der Waals surface area contributed by atoms with Gasteiger partial charge in [0.1, 0.15) is 56.9 Å². The molecule has 83 heavy (non-hydrogen) atoms. The number of carbonyl (C=O) groups excluding carboxylic acids is 4. The van der Waals surface area contributed by atoms with Crippen molar-refractivity contribution in [1.82, 2.24) is 9.34 Å². The molecule has 0 bridgehead atoms. The number of hydrogen-bond acceptors (Lipinski definition) is 25. The van der Waals surface area contributed by atoms with Crippen LogP contribution in [0.5, 0.6) is 0 Å². The summed E-state index contributed by atoms with van der Waals surface area (Å²) in [5, 5.41) is 80.5. The normalized spacial score (nSPS) is 13.4. The lowest BCUT2D eigenvalue weighted by molar-refractivity contribution is -0.163. The smallest absolute Gasteiger partial charge is 0.311 e. The molecule has 0 aliphatic heterocycles. The molecule has 9 N–H and O–H groups in total. The number of aliphatic hydroxyl groups is 9. The van der Waals surface area contributed by atoms with Crippen molar-refractivity contribution in [2.75, 3.05) is 79.3 Å². The fourth-order valence-electron chi connectivity index (χ4n) is 4.73. The van der Waals surface area contributed by atoms with Gasteiger partial charge in [-0.3, -0.25) is 19.2 Å². The summed E-state index contributed by atoms with van der Waals surface area (Å²) >= 11 is 0. The topological polar surface area (TPSA) is 378 Å². The maximum Gasteiger partial charge on any atom is 0.311 e. The zero-order valence-electron chi connectivity index (χ0n) is 60.6. The summed E-state index contributed by atoms with van der Waals surface area (Å²) in [4.78, 5) is 45.9. The van der Waals surface area contributed by atoms with E-state index < -0.39 is 93.1 Å². The Bertz CT molecular complexity index is 1640. The second kappa shape index (κ2) is 52.3. The van der Waals surface area contributed by atoms with Crippen molar-refractivity contribution < 1.29 is 106 Å². The predicted molar refractivity (Wildman–Crippen MR) is 323 cm³/mol. The molecule has 0 amide bonds. The first-order valence-corrected chi connectivity index (χ1v) is 28.7. The average molecular weight is 1250 g/mol. The number of hydrogen-bond donors (Lipinski definition) is 9. The molecule has 0 saturated carbocycles. The first-order chi connectivity index (χ1) is 41.2. The first-order valence-electron chi connectivity index (χ1n) is 30.7. The van der Waals surface area contributed by atoms with E-state index in [-0.39, 0.29) is 116 Å². The van der Waals surface area contributed by atoms with Crippen molar-refractivity contribution in [2.45, 2.75) is 228 Å². The Morgan fingerprint density at radius 1 is 0.446 bits per heavy atom. The first kappa shape index (κ1) is 82.2. The van der Waals surface area contributed by atoms with Gasteiger partial charge in [-0.25, -0.2) is 9.34 Å². The van der Waals surface area contributed by atoms with E-state index >= 15 is 0 Å². The van der Waals surface area contributed by atoms with Crippen LogP contribution in [0.2, 0.25) is 0 Å². The van der Waals surface area contributed by atoms with Crippen LogP contribution in [0.4, 0.5) is 0 Å². The fraction of sp³-hybridized carbons (Fsp3) is 0.893. The summed E-state index contributed by atoms with van der Waals surface area (Å²) in [5.74, 6) is -1.58. The molecule has 0 radical (unpaired) electrons. The van der Waals surface area contributed by atoms with Crippen molar-refractivity contribution >= 4 is 40.9 Å². The quantitative estimate of drug-likeness (QED) is 0.0145. The molecular weight excluding hydrogens is 1130 g/mol. The fourth-order valence-corrected chi connectivity index (χ4v) is 8.00. The minimum absolute atomic E-state index is 0.0996. The highest BCUT2D eigenvalue weighted by atomic mass is 31.2. The molecule has 0 aromatic heterocycles. The number of aliphatic hydroxyl groups excluding tert-OH is 9. The van der Waals surface area contributed by atoms with Crippen LogP contribution >= 0.6 is 17.1 Å². The van der Waals surface area contributed by atoms with Crippen molar-refractivity contribution in [3.05, 3.63) is 0 Å². The summed E-state index contributed by atoms with van der Waals surface area (Å²) < 4.78 is 85.7. The molecule has 27 heteroatoms.